The number of likely N-dealkylation sites (N-methyl/N-ethyl adjacent to an activating group) is 1. The highest BCUT2D eigenvalue weighted by atomic mass is 35.5. The summed E-state index contributed by atoms with van der Waals surface area (Å²) in [6, 6.07) is 7.22. The molecule has 2 aromatic carbocycles. The number of anilines is 1. The fourth-order valence-electron chi connectivity index (χ4n) is 7.55. The largest absolute Gasteiger partial charge is 0.495 e. The molecule has 1 fully saturated rings. The van der Waals surface area contributed by atoms with Gasteiger partial charge in [0.15, 0.2) is 11.8 Å². The number of allylic oxidation sites excluding steroid dienone is 3. The van der Waals surface area contributed by atoms with Crippen LogP contribution >= 0.6 is 11.6 Å². The van der Waals surface area contributed by atoms with Crippen LogP contribution in [0.15, 0.2) is 53.9 Å². The second kappa shape index (κ2) is 20.6. The maximum atomic E-state index is 14.4. The molecule has 15 nitrogen and oxygen atoms in total. The van der Waals surface area contributed by atoms with Gasteiger partial charge < -0.3 is 50.4 Å². The van der Waals surface area contributed by atoms with Crippen LogP contribution in [-0.2, 0) is 30.2 Å². The van der Waals surface area contributed by atoms with Crippen molar-refractivity contribution in [1.29, 1.82) is 0 Å². The molecule has 2 aliphatic rings. The molecule has 2 aromatic rings. The van der Waals surface area contributed by atoms with Crippen LogP contribution in [0.1, 0.15) is 87.9 Å². The first-order valence-electron chi connectivity index (χ1n) is 20.3. The first-order valence-corrected chi connectivity index (χ1v) is 20.7. The van der Waals surface area contributed by atoms with Crippen molar-refractivity contribution in [3.63, 3.8) is 0 Å². The van der Waals surface area contributed by atoms with Crippen LogP contribution in [0.5, 0.6) is 5.75 Å². The zero-order valence-corrected chi connectivity index (χ0v) is 37.8. The van der Waals surface area contributed by atoms with E-state index in [1.165, 1.54) is 52.0 Å². The van der Waals surface area contributed by atoms with E-state index in [1.54, 1.807) is 62.4 Å². The third-order valence-corrected chi connectivity index (χ3v) is 12.3. The van der Waals surface area contributed by atoms with E-state index < -0.39 is 77.8 Å². The van der Waals surface area contributed by atoms with Crippen LogP contribution in [0.4, 0.5) is 10.5 Å². The van der Waals surface area contributed by atoms with Crippen LogP contribution in [0, 0.1) is 23.7 Å². The molecule has 16 heteroatoms. The first kappa shape index (κ1) is 49.1. The normalized spacial score (nSPS) is 27.3. The average Bonchev–Trinajstić information content (AvgIpc) is 3.21. The molecule has 4 bridgehead atoms. The van der Waals surface area contributed by atoms with Gasteiger partial charge in [-0.1, -0.05) is 67.2 Å². The number of hydrogen-bond acceptors (Lipinski definition) is 12. The Labute approximate surface area is 369 Å². The number of nitrogens with two attached hydrogens (primary N) is 2. The lowest BCUT2D eigenvalue weighted by Crippen LogP contribution is -2.64. The molecule has 1 saturated heterocycles. The number of nitrogens with one attached hydrogen (secondary N) is 1. The number of amides is 3. The number of carbonyl (C=O) groups excluding carboxylic acids is 4. The minimum Gasteiger partial charge on any atom is -0.495 e. The monoisotopic (exact) mass is 877 g/mol. The van der Waals surface area contributed by atoms with Gasteiger partial charge in [-0.05, 0) is 93.0 Å². The number of ether oxygens (including phenoxy) is 4. The number of nitrogens with zero attached hydrogens (tertiary/aromatic N) is 2. The maximum absolute atomic E-state index is 14.4. The number of hydrogen-bond donors (Lipinski definition) is 5. The van der Waals surface area contributed by atoms with E-state index in [1.807, 2.05) is 19.9 Å². The first-order chi connectivity index (χ1) is 29.1. The van der Waals surface area contributed by atoms with Crippen molar-refractivity contribution in [3.8, 4) is 17.6 Å². The van der Waals surface area contributed by atoms with Gasteiger partial charge in [0.2, 0.25) is 5.91 Å². The van der Waals surface area contributed by atoms with Gasteiger partial charge in [-0.3, -0.25) is 14.9 Å². The van der Waals surface area contributed by atoms with E-state index in [0.717, 1.165) is 11.1 Å². The number of methoxy groups -OCH3 is 2. The Bertz CT molecular complexity index is 2170. The van der Waals surface area contributed by atoms with E-state index in [2.05, 4.69) is 17.2 Å². The number of fused-ring (bicyclic) bond motifs is 4. The van der Waals surface area contributed by atoms with Gasteiger partial charge in [-0.2, -0.15) is 0 Å². The summed E-state index contributed by atoms with van der Waals surface area (Å²) in [7, 11) is 5.78. The molecule has 0 aromatic heterocycles. The van der Waals surface area contributed by atoms with Crippen molar-refractivity contribution in [2.75, 3.05) is 33.2 Å². The van der Waals surface area contributed by atoms with Gasteiger partial charge >= 0.3 is 12.1 Å². The summed E-state index contributed by atoms with van der Waals surface area (Å²) in [5.41, 5.74) is 11.1. The summed E-state index contributed by atoms with van der Waals surface area (Å²) in [5, 5.41) is 26.9. The zero-order valence-electron chi connectivity index (χ0n) is 37.1. The minimum absolute atomic E-state index is 0.0876. The number of aliphatic hydroxyl groups is 2. The summed E-state index contributed by atoms with van der Waals surface area (Å²) in [6.07, 6.45) is 2.48. The Kier molecular flexibility index (Phi) is 16.3. The number of alkyl carbamates (subject to hydrolysis) is 1. The van der Waals surface area contributed by atoms with E-state index in [9.17, 15) is 29.4 Å². The highest BCUT2D eigenvalue weighted by Gasteiger charge is 2.51. The number of halogens is 1. The zero-order chi connectivity index (χ0) is 46.3. The average molecular weight is 878 g/mol. The van der Waals surface area contributed by atoms with E-state index in [4.69, 9.17) is 42.0 Å². The Morgan fingerprint density at radius 3 is 2.47 bits per heavy atom. The summed E-state index contributed by atoms with van der Waals surface area (Å²) in [5.74, 6) is 2.77. The molecule has 0 radical (unpaired) electrons. The van der Waals surface area contributed by atoms with Gasteiger partial charge in [0.05, 0.1) is 25.0 Å². The van der Waals surface area contributed by atoms with Crippen LogP contribution in [0.2, 0.25) is 5.02 Å². The molecular formula is C46H60ClN5O10. The van der Waals surface area contributed by atoms with Gasteiger partial charge in [-0.25, -0.2) is 9.59 Å². The number of benzene rings is 2. The molecule has 0 spiro atoms. The summed E-state index contributed by atoms with van der Waals surface area (Å²) >= 11 is 6.80. The standard InChI is InChI=1S/C46H60ClN5O10/c1-11-14-31-22-33(18-17-32(31)23-39(48)49)42(54)51(7)29(5)43(55)62-38-24-40(53)52(8)34-20-30(21-35(59-9)41(34)47)19-26(2)15-12-13-16-37(60-10)46(58)25-36(61-44(56)50-46)27(3)28(4)45(38,6)57/h11,14-15,17-18,20-23,27-29,36-38,57-58H,12,19,24-25,48-49H2,1-10H3,(H,50,56)/b14-11-,26-15+/t27-,28-,29-,36-,37+,38-,45+,46-/m0/s1. The Hall–Kier alpha value is -5.53. The van der Waals surface area contributed by atoms with Crippen molar-refractivity contribution in [1.82, 2.24) is 10.2 Å². The SMILES string of the molecule is C/C=C\c1cc(C(=O)N(C)[C@@H](C)C(=O)O[C@H]2CC(=O)N(C)c3cc(cc(OC)c3Cl)C/C(C)=C/CC#C[C@@H](OC)[C@@]3(O)C[C@H](OC(=O)N3)[C@@H](C)[C@H](C)[C@@]2(C)O)ccc1C=C(N)N. The molecule has 336 valence electrons. The quantitative estimate of drug-likeness (QED) is 0.132. The highest BCUT2D eigenvalue weighted by Crippen LogP contribution is 2.40. The molecule has 8 atom stereocenters. The summed E-state index contributed by atoms with van der Waals surface area (Å²) in [4.78, 5) is 57.8. The molecule has 7 N–H and O–H groups in total. The Morgan fingerprint density at radius 2 is 1.84 bits per heavy atom. The number of rotatable bonds is 8. The van der Waals surface area contributed by atoms with Crippen molar-refractivity contribution in [3.05, 3.63) is 81.2 Å². The lowest BCUT2D eigenvalue weighted by Gasteiger charge is -2.46. The van der Waals surface area contributed by atoms with E-state index in [0.29, 0.717) is 35.4 Å². The van der Waals surface area contributed by atoms with Crippen LogP contribution < -0.4 is 26.4 Å². The van der Waals surface area contributed by atoms with Crippen molar-refractivity contribution >= 4 is 53.3 Å². The third-order valence-electron chi connectivity index (χ3n) is 11.9. The highest BCUT2D eigenvalue weighted by molar-refractivity contribution is 6.35. The van der Waals surface area contributed by atoms with Crippen LogP contribution in [0.3, 0.4) is 0 Å². The molecule has 0 unspecified atom stereocenters. The lowest BCUT2D eigenvalue weighted by atomic mass is 9.73. The van der Waals surface area contributed by atoms with E-state index >= 15 is 0 Å². The Morgan fingerprint density at radius 1 is 1.15 bits per heavy atom. The Balaban J connectivity index is 1.78. The van der Waals surface area contributed by atoms with Gasteiger partial charge in [0.1, 0.15) is 34.6 Å². The smallest absolute Gasteiger partial charge is 0.409 e. The molecule has 62 heavy (non-hydrogen) atoms. The van der Waals surface area contributed by atoms with Gasteiger partial charge in [-0.15, -0.1) is 0 Å². The van der Waals surface area contributed by atoms with Crippen molar-refractivity contribution in [2.24, 2.45) is 23.3 Å². The number of esters is 1. The molecule has 4 rings (SSSR count). The molecule has 2 aliphatic heterocycles. The second-order valence-electron chi connectivity index (χ2n) is 16.2. The van der Waals surface area contributed by atoms with Crippen molar-refractivity contribution in [2.45, 2.75) is 103 Å². The van der Waals surface area contributed by atoms with Gasteiger partial charge in [0.25, 0.3) is 5.91 Å². The molecule has 2 heterocycles. The van der Waals surface area contributed by atoms with Crippen molar-refractivity contribution < 1.29 is 48.3 Å². The third kappa shape index (κ3) is 11.3. The second-order valence-corrected chi connectivity index (χ2v) is 16.6. The lowest BCUT2D eigenvalue weighted by molar-refractivity contribution is -0.184. The summed E-state index contributed by atoms with van der Waals surface area (Å²) in [6.45, 7) is 9.99. The fraction of sp³-hybridized carbons (Fsp3) is 0.478. The molecule has 0 aliphatic carbocycles. The van der Waals surface area contributed by atoms with Crippen LogP contribution in [0.25, 0.3) is 12.2 Å². The van der Waals surface area contributed by atoms with Crippen LogP contribution in [-0.4, -0.2) is 103 Å². The maximum Gasteiger partial charge on any atom is 0.409 e. The van der Waals surface area contributed by atoms with Gasteiger partial charge in [0, 0.05) is 39.6 Å². The molecular weight excluding hydrogens is 818 g/mol. The fourth-order valence-corrected chi connectivity index (χ4v) is 7.86. The van der Waals surface area contributed by atoms with E-state index in [-0.39, 0.29) is 22.8 Å². The molecule has 0 saturated carbocycles. The predicted octanol–water partition coefficient (Wildman–Crippen LogP) is 5.14. The minimum atomic E-state index is -1.99. The summed E-state index contributed by atoms with van der Waals surface area (Å²) < 4.78 is 22.9. The number of carbonyl (C=O) groups is 4. The predicted molar refractivity (Wildman–Crippen MR) is 238 cm³/mol. The molecule has 3 amide bonds. The topological polar surface area (TPSA) is 216 Å².